The van der Waals surface area contributed by atoms with Crippen molar-refractivity contribution in [3.8, 4) is 0 Å². The van der Waals surface area contributed by atoms with E-state index in [1.54, 1.807) is 0 Å². The lowest BCUT2D eigenvalue weighted by molar-refractivity contribution is 0.533. The van der Waals surface area contributed by atoms with E-state index in [1.165, 1.54) is 11.1 Å². The van der Waals surface area contributed by atoms with Crippen molar-refractivity contribution >= 4 is 11.0 Å². The van der Waals surface area contributed by atoms with Gasteiger partial charge in [0.15, 0.2) is 0 Å². The monoisotopic (exact) mass is 188 g/mol. The van der Waals surface area contributed by atoms with Crippen LogP contribution in [-0.2, 0) is 6.54 Å². The van der Waals surface area contributed by atoms with Gasteiger partial charge >= 0.3 is 0 Å². The molecule has 2 nitrogen and oxygen atoms in total. The first-order chi connectivity index (χ1) is 6.66. The van der Waals surface area contributed by atoms with Crippen LogP contribution in [0, 0.1) is 12.8 Å². The molecule has 0 aliphatic heterocycles. The van der Waals surface area contributed by atoms with Gasteiger partial charge in [0.1, 0.15) is 0 Å². The fourth-order valence-corrected chi connectivity index (χ4v) is 1.71. The predicted octanol–water partition coefficient (Wildman–Crippen LogP) is 3.00. The van der Waals surface area contributed by atoms with Crippen LogP contribution in [-0.4, -0.2) is 9.55 Å². The molecule has 1 heterocycles. The van der Waals surface area contributed by atoms with Crippen molar-refractivity contribution < 1.29 is 0 Å². The predicted molar refractivity (Wildman–Crippen MR) is 59.3 cm³/mol. The highest BCUT2D eigenvalue weighted by Crippen LogP contribution is 2.15. The summed E-state index contributed by atoms with van der Waals surface area (Å²) in [5.74, 6) is 0.661. The molecule has 0 N–H and O–H groups in total. The first kappa shape index (κ1) is 9.25. The molecule has 0 aliphatic rings. The van der Waals surface area contributed by atoms with Gasteiger partial charge < -0.3 is 4.57 Å². The smallest absolute Gasteiger partial charge is 0.0958 e. The lowest BCUT2D eigenvalue weighted by atomic mass is 10.2. The van der Waals surface area contributed by atoms with Crippen molar-refractivity contribution in [2.45, 2.75) is 27.3 Å². The zero-order valence-corrected chi connectivity index (χ0v) is 8.99. The number of imidazole rings is 1. The van der Waals surface area contributed by atoms with Gasteiger partial charge in [0.2, 0.25) is 0 Å². The molecule has 0 saturated carbocycles. The second-order valence-corrected chi connectivity index (χ2v) is 4.28. The van der Waals surface area contributed by atoms with E-state index in [9.17, 15) is 0 Å². The molecule has 2 rings (SSSR count). The van der Waals surface area contributed by atoms with Crippen LogP contribution >= 0.6 is 0 Å². The number of fused-ring (bicyclic) bond motifs is 1. The Morgan fingerprint density at radius 2 is 2.14 bits per heavy atom. The van der Waals surface area contributed by atoms with Crippen LogP contribution in [0.25, 0.3) is 11.0 Å². The van der Waals surface area contributed by atoms with Crippen LogP contribution in [0.1, 0.15) is 19.4 Å². The number of rotatable bonds is 2. The quantitative estimate of drug-likeness (QED) is 0.708. The van der Waals surface area contributed by atoms with Crippen LogP contribution in [0.3, 0.4) is 0 Å². The second kappa shape index (κ2) is 3.45. The van der Waals surface area contributed by atoms with E-state index in [0.717, 1.165) is 12.1 Å². The van der Waals surface area contributed by atoms with E-state index in [1.807, 2.05) is 6.33 Å². The van der Waals surface area contributed by atoms with Gasteiger partial charge in [0, 0.05) is 6.54 Å². The number of benzene rings is 1. The minimum absolute atomic E-state index is 0.661. The summed E-state index contributed by atoms with van der Waals surface area (Å²) in [5, 5.41) is 0. The highest BCUT2D eigenvalue weighted by Gasteiger charge is 2.03. The summed E-state index contributed by atoms with van der Waals surface area (Å²) in [6.07, 6.45) is 1.93. The number of hydrogen-bond donors (Lipinski definition) is 0. The van der Waals surface area contributed by atoms with Gasteiger partial charge in [-0.15, -0.1) is 0 Å². The first-order valence-electron chi connectivity index (χ1n) is 5.08. The lowest BCUT2D eigenvalue weighted by Crippen LogP contribution is -2.02. The summed E-state index contributed by atoms with van der Waals surface area (Å²) in [6.45, 7) is 7.58. The maximum atomic E-state index is 4.40. The van der Waals surface area contributed by atoms with Gasteiger partial charge in [-0.25, -0.2) is 4.98 Å². The highest BCUT2D eigenvalue weighted by molar-refractivity contribution is 5.75. The Kier molecular flexibility index (Phi) is 2.28. The maximum Gasteiger partial charge on any atom is 0.0958 e. The largest absolute Gasteiger partial charge is 0.330 e. The summed E-state index contributed by atoms with van der Waals surface area (Å²) in [5.41, 5.74) is 3.61. The number of nitrogens with zero attached hydrogens (tertiary/aromatic N) is 2. The number of hydrogen-bond acceptors (Lipinski definition) is 1. The summed E-state index contributed by atoms with van der Waals surface area (Å²) in [4.78, 5) is 4.40. The van der Waals surface area contributed by atoms with Gasteiger partial charge in [-0.1, -0.05) is 19.9 Å². The molecular formula is C12H16N2. The molecule has 0 fully saturated rings. The van der Waals surface area contributed by atoms with Gasteiger partial charge in [-0.2, -0.15) is 0 Å². The Hall–Kier alpha value is -1.31. The molecule has 74 valence electrons. The molecule has 2 heteroatoms. The van der Waals surface area contributed by atoms with E-state index in [-0.39, 0.29) is 0 Å². The van der Waals surface area contributed by atoms with Gasteiger partial charge in [-0.05, 0) is 30.5 Å². The Morgan fingerprint density at radius 3 is 2.86 bits per heavy atom. The molecule has 0 bridgehead atoms. The molecule has 2 aromatic rings. The van der Waals surface area contributed by atoms with Crippen LogP contribution in [0.15, 0.2) is 24.5 Å². The summed E-state index contributed by atoms with van der Waals surface area (Å²) in [6, 6.07) is 6.42. The van der Waals surface area contributed by atoms with Crippen molar-refractivity contribution in [1.82, 2.24) is 9.55 Å². The third-order valence-electron chi connectivity index (χ3n) is 2.34. The second-order valence-electron chi connectivity index (χ2n) is 4.28. The first-order valence-corrected chi connectivity index (χ1v) is 5.08. The van der Waals surface area contributed by atoms with Gasteiger partial charge in [0.05, 0.1) is 17.4 Å². The van der Waals surface area contributed by atoms with E-state index >= 15 is 0 Å². The molecule has 0 saturated heterocycles. The SMILES string of the molecule is Cc1ccc2c(c1)ncn2CC(C)C. The third kappa shape index (κ3) is 1.65. The molecule has 14 heavy (non-hydrogen) atoms. The van der Waals surface area contributed by atoms with E-state index in [0.29, 0.717) is 5.92 Å². The van der Waals surface area contributed by atoms with Gasteiger partial charge in [0.25, 0.3) is 0 Å². The van der Waals surface area contributed by atoms with Gasteiger partial charge in [-0.3, -0.25) is 0 Å². The maximum absolute atomic E-state index is 4.40. The Balaban J connectivity index is 2.47. The van der Waals surface area contributed by atoms with Crippen molar-refractivity contribution in [3.63, 3.8) is 0 Å². The Bertz CT molecular complexity index is 441. The van der Waals surface area contributed by atoms with Crippen LogP contribution in [0.5, 0.6) is 0 Å². The Labute approximate surface area is 84.6 Å². The number of aromatic nitrogens is 2. The van der Waals surface area contributed by atoms with E-state index in [4.69, 9.17) is 0 Å². The molecule has 0 radical (unpaired) electrons. The molecule has 0 amide bonds. The van der Waals surface area contributed by atoms with Crippen molar-refractivity contribution in [2.24, 2.45) is 5.92 Å². The van der Waals surface area contributed by atoms with Crippen molar-refractivity contribution in [2.75, 3.05) is 0 Å². The fraction of sp³-hybridized carbons (Fsp3) is 0.417. The minimum Gasteiger partial charge on any atom is -0.330 e. The topological polar surface area (TPSA) is 17.8 Å². The summed E-state index contributed by atoms with van der Waals surface area (Å²) >= 11 is 0. The highest BCUT2D eigenvalue weighted by atomic mass is 15.0. The molecule has 1 aromatic carbocycles. The zero-order chi connectivity index (χ0) is 10.1. The average Bonchev–Trinajstić information content (AvgIpc) is 2.47. The van der Waals surface area contributed by atoms with E-state index in [2.05, 4.69) is 48.5 Å². The van der Waals surface area contributed by atoms with Crippen LogP contribution < -0.4 is 0 Å². The third-order valence-corrected chi connectivity index (χ3v) is 2.34. The van der Waals surface area contributed by atoms with E-state index < -0.39 is 0 Å². The lowest BCUT2D eigenvalue weighted by Gasteiger charge is -2.06. The van der Waals surface area contributed by atoms with Crippen molar-refractivity contribution in [3.05, 3.63) is 30.1 Å². The average molecular weight is 188 g/mol. The summed E-state index contributed by atoms with van der Waals surface area (Å²) in [7, 11) is 0. The fourth-order valence-electron chi connectivity index (χ4n) is 1.71. The normalized spacial score (nSPS) is 11.4. The van der Waals surface area contributed by atoms with Crippen molar-refractivity contribution in [1.29, 1.82) is 0 Å². The molecule has 1 aromatic heterocycles. The Morgan fingerprint density at radius 1 is 1.36 bits per heavy atom. The molecule has 0 atom stereocenters. The standard InChI is InChI=1S/C12H16N2/c1-9(2)7-14-8-13-11-6-10(3)4-5-12(11)14/h4-6,8-9H,7H2,1-3H3. The molecule has 0 aliphatic carbocycles. The molecular weight excluding hydrogens is 172 g/mol. The van der Waals surface area contributed by atoms with Crippen LogP contribution in [0.4, 0.5) is 0 Å². The molecule has 0 spiro atoms. The van der Waals surface area contributed by atoms with Crippen LogP contribution in [0.2, 0.25) is 0 Å². The molecule has 0 unspecified atom stereocenters. The zero-order valence-electron chi connectivity index (χ0n) is 8.99. The minimum atomic E-state index is 0.661. The summed E-state index contributed by atoms with van der Waals surface area (Å²) < 4.78 is 2.22. The number of aryl methyl sites for hydroxylation is 1.